The van der Waals surface area contributed by atoms with E-state index < -0.39 is 11.4 Å². The smallest absolute Gasteiger partial charge is 0.344 e. The summed E-state index contributed by atoms with van der Waals surface area (Å²) < 4.78 is 19.9. The van der Waals surface area contributed by atoms with Crippen molar-refractivity contribution in [3.8, 4) is 0 Å². The summed E-state index contributed by atoms with van der Waals surface area (Å²) in [5.74, 6) is -0.392. The minimum atomic E-state index is -0.481. The molecule has 3 heteroatoms. The van der Waals surface area contributed by atoms with E-state index in [1.165, 1.54) is 0 Å². The molecule has 3 aromatic rings. The molecule has 0 amide bonds. The molecule has 0 spiro atoms. The second-order valence-electron chi connectivity index (χ2n) is 5.66. The van der Waals surface area contributed by atoms with Gasteiger partial charge in [0.1, 0.15) is 0 Å². The summed E-state index contributed by atoms with van der Waals surface area (Å²) in [5.41, 5.74) is 0.226. The molecule has 0 atom stereocenters. The van der Waals surface area contributed by atoms with E-state index >= 15 is 0 Å². The lowest BCUT2D eigenvalue weighted by Crippen LogP contribution is -2.02. The Balaban J connectivity index is 2.07. The molecule has 0 radical (unpaired) electrons. The molecule has 22 heavy (non-hydrogen) atoms. The molecule has 0 saturated carbocycles. The van der Waals surface area contributed by atoms with E-state index in [2.05, 4.69) is 6.92 Å². The Labute approximate surface area is 128 Å². The Hall–Kier alpha value is -2.16. The lowest BCUT2D eigenvalue weighted by molar-refractivity contribution is 0.522. The third kappa shape index (κ3) is 2.63. The van der Waals surface area contributed by atoms with Crippen LogP contribution >= 0.6 is 0 Å². The van der Waals surface area contributed by atoms with E-state index in [4.69, 9.17) is 4.42 Å². The Morgan fingerprint density at radius 2 is 1.73 bits per heavy atom. The van der Waals surface area contributed by atoms with Gasteiger partial charge in [-0.05, 0) is 24.5 Å². The van der Waals surface area contributed by atoms with E-state index in [1.54, 1.807) is 12.1 Å². The van der Waals surface area contributed by atoms with Crippen molar-refractivity contribution in [2.75, 3.05) is 0 Å². The van der Waals surface area contributed by atoms with Crippen LogP contribution in [0, 0.1) is 5.82 Å². The van der Waals surface area contributed by atoms with Crippen molar-refractivity contribution in [3.05, 3.63) is 58.2 Å². The standard InChI is InChI=1S/C19H19FO2/c1-2-3-4-5-8-13-11-12-15-14-9-6-7-10-16(14)19(21)22-18(15)17(13)20/h6-7,9-12H,2-5,8H2,1H3. The van der Waals surface area contributed by atoms with Crippen molar-refractivity contribution in [2.24, 2.45) is 0 Å². The molecule has 0 aliphatic heterocycles. The van der Waals surface area contributed by atoms with Gasteiger partial charge < -0.3 is 4.42 Å². The first-order valence-corrected chi connectivity index (χ1v) is 7.85. The fraction of sp³-hybridized carbons (Fsp3) is 0.316. The zero-order valence-corrected chi connectivity index (χ0v) is 12.7. The molecule has 0 aliphatic carbocycles. The summed E-state index contributed by atoms with van der Waals surface area (Å²) >= 11 is 0. The van der Waals surface area contributed by atoms with Gasteiger partial charge in [-0.2, -0.15) is 0 Å². The predicted molar refractivity (Wildman–Crippen MR) is 87.8 cm³/mol. The summed E-state index contributed by atoms with van der Waals surface area (Å²) in [7, 11) is 0. The average molecular weight is 298 g/mol. The number of fused-ring (bicyclic) bond motifs is 3. The predicted octanol–water partition coefficient (Wildman–Crippen LogP) is 5.21. The zero-order valence-electron chi connectivity index (χ0n) is 12.7. The molecule has 3 rings (SSSR count). The second-order valence-corrected chi connectivity index (χ2v) is 5.66. The largest absolute Gasteiger partial charge is 0.419 e. The summed E-state index contributed by atoms with van der Waals surface area (Å²) in [6, 6.07) is 10.8. The van der Waals surface area contributed by atoms with Gasteiger partial charge in [-0.25, -0.2) is 9.18 Å². The highest BCUT2D eigenvalue weighted by atomic mass is 19.1. The molecular weight excluding hydrogens is 279 g/mol. The van der Waals surface area contributed by atoms with Gasteiger partial charge in [0.2, 0.25) is 0 Å². The number of hydrogen-bond donors (Lipinski definition) is 0. The average Bonchev–Trinajstić information content (AvgIpc) is 2.54. The lowest BCUT2D eigenvalue weighted by atomic mass is 10.0. The van der Waals surface area contributed by atoms with Gasteiger partial charge in [0.15, 0.2) is 11.4 Å². The molecule has 114 valence electrons. The quantitative estimate of drug-likeness (QED) is 0.368. The molecule has 0 saturated heterocycles. The van der Waals surface area contributed by atoms with Crippen LogP contribution in [0.2, 0.25) is 0 Å². The van der Waals surface area contributed by atoms with Crippen LogP contribution in [0.25, 0.3) is 21.7 Å². The van der Waals surface area contributed by atoms with Crippen molar-refractivity contribution in [1.29, 1.82) is 0 Å². The topological polar surface area (TPSA) is 30.2 Å². The molecule has 0 aliphatic rings. The van der Waals surface area contributed by atoms with Crippen LogP contribution in [0.4, 0.5) is 4.39 Å². The normalized spacial score (nSPS) is 11.4. The van der Waals surface area contributed by atoms with Gasteiger partial charge in [-0.1, -0.05) is 56.5 Å². The second kappa shape index (κ2) is 6.30. The molecule has 0 unspecified atom stereocenters. The number of halogens is 1. The van der Waals surface area contributed by atoms with E-state index in [9.17, 15) is 9.18 Å². The van der Waals surface area contributed by atoms with Crippen molar-refractivity contribution in [2.45, 2.75) is 39.0 Å². The van der Waals surface area contributed by atoms with E-state index in [-0.39, 0.29) is 5.58 Å². The molecule has 0 bridgehead atoms. The number of hydrogen-bond acceptors (Lipinski definition) is 2. The van der Waals surface area contributed by atoms with Crippen LogP contribution in [-0.4, -0.2) is 0 Å². The monoisotopic (exact) mass is 298 g/mol. The Bertz CT molecular complexity index is 864. The highest BCUT2D eigenvalue weighted by molar-refractivity contribution is 6.04. The van der Waals surface area contributed by atoms with Gasteiger partial charge in [0.25, 0.3) is 0 Å². The molecule has 1 heterocycles. The van der Waals surface area contributed by atoms with Crippen molar-refractivity contribution in [1.82, 2.24) is 0 Å². The molecule has 2 aromatic carbocycles. The minimum absolute atomic E-state index is 0.0803. The van der Waals surface area contributed by atoms with Crippen molar-refractivity contribution in [3.63, 3.8) is 0 Å². The maximum Gasteiger partial charge on any atom is 0.344 e. The Morgan fingerprint density at radius 1 is 0.955 bits per heavy atom. The third-order valence-electron chi connectivity index (χ3n) is 4.11. The summed E-state index contributed by atoms with van der Waals surface area (Å²) in [5, 5.41) is 1.89. The van der Waals surface area contributed by atoms with Crippen LogP contribution in [0.15, 0.2) is 45.6 Å². The SMILES string of the molecule is CCCCCCc1ccc2c(oc(=O)c3ccccc32)c1F. The van der Waals surface area contributed by atoms with E-state index in [0.29, 0.717) is 22.8 Å². The Morgan fingerprint density at radius 3 is 2.50 bits per heavy atom. The van der Waals surface area contributed by atoms with E-state index in [0.717, 1.165) is 31.1 Å². The number of rotatable bonds is 5. The minimum Gasteiger partial charge on any atom is -0.419 e. The highest BCUT2D eigenvalue weighted by Gasteiger charge is 2.13. The van der Waals surface area contributed by atoms with Crippen molar-refractivity contribution >= 4 is 21.7 Å². The molecule has 0 fully saturated rings. The molecule has 1 aromatic heterocycles. The Kier molecular flexibility index (Phi) is 4.23. The van der Waals surface area contributed by atoms with Gasteiger partial charge >= 0.3 is 5.63 Å². The van der Waals surface area contributed by atoms with Crippen LogP contribution < -0.4 is 5.63 Å². The fourth-order valence-corrected chi connectivity index (χ4v) is 2.89. The van der Waals surface area contributed by atoms with Gasteiger partial charge in [0.05, 0.1) is 5.39 Å². The van der Waals surface area contributed by atoms with Crippen molar-refractivity contribution < 1.29 is 8.81 Å². The summed E-state index contributed by atoms with van der Waals surface area (Å²) in [6.07, 6.45) is 5.04. The van der Waals surface area contributed by atoms with Crippen LogP contribution in [0.5, 0.6) is 0 Å². The van der Waals surface area contributed by atoms with Crippen LogP contribution in [-0.2, 0) is 6.42 Å². The van der Waals surface area contributed by atoms with Crippen LogP contribution in [0.3, 0.4) is 0 Å². The number of unbranched alkanes of at least 4 members (excludes halogenated alkanes) is 3. The maximum absolute atomic E-state index is 14.7. The van der Waals surface area contributed by atoms with Gasteiger partial charge in [0, 0.05) is 10.8 Å². The maximum atomic E-state index is 14.7. The first-order valence-electron chi connectivity index (χ1n) is 7.85. The summed E-state index contributed by atoms with van der Waals surface area (Å²) in [4.78, 5) is 12.0. The zero-order chi connectivity index (χ0) is 15.5. The number of aryl methyl sites for hydroxylation is 1. The molecule has 2 nitrogen and oxygen atoms in total. The third-order valence-corrected chi connectivity index (χ3v) is 4.11. The first-order chi connectivity index (χ1) is 10.7. The van der Waals surface area contributed by atoms with Gasteiger partial charge in [-0.15, -0.1) is 0 Å². The molecule has 0 N–H and O–H groups in total. The van der Waals surface area contributed by atoms with E-state index in [1.807, 2.05) is 24.3 Å². The molecular formula is C19H19FO2. The van der Waals surface area contributed by atoms with Crippen LogP contribution in [0.1, 0.15) is 38.2 Å². The highest BCUT2D eigenvalue weighted by Crippen LogP contribution is 2.27. The summed E-state index contributed by atoms with van der Waals surface area (Å²) in [6.45, 7) is 2.15. The number of benzene rings is 2. The lowest BCUT2D eigenvalue weighted by Gasteiger charge is -2.07. The first kappa shape index (κ1) is 14.8. The van der Waals surface area contributed by atoms with Gasteiger partial charge in [-0.3, -0.25) is 0 Å². The fourth-order valence-electron chi connectivity index (χ4n) is 2.89.